The van der Waals surface area contributed by atoms with Gasteiger partial charge in [0.25, 0.3) is 5.91 Å². The predicted octanol–water partition coefficient (Wildman–Crippen LogP) is 3.16. The second kappa shape index (κ2) is 8.26. The van der Waals surface area contributed by atoms with Gasteiger partial charge >= 0.3 is 0 Å². The minimum Gasteiger partial charge on any atom is -0.379 e. The number of hydrogen-bond acceptors (Lipinski definition) is 4. The van der Waals surface area contributed by atoms with Crippen molar-refractivity contribution in [3.8, 4) is 0 Å². The van der Waals surface area contributed by atoms with E-state index in [0.29, 0.717) is 36.0 Å². The quantitative estimate of drug-likeness (QED) is 0.687. The molecule has 146 valence electrons. The van der Waals surface area contributed by atoms with Crippen molar-refractivity contribution in [2.75, 3.05) is 32.8 Å². The van der Waals surface area contributed by atoms with Gasteiger partial charge in [-0.15, -0.1) is 0 Å². The summed E-state index contributed by atoms with van der Waals surface area (Å²) in [6.45, 7) is 2.99. The number of aromatic nitrogens is 2. The molecular formula is C20H20ClFN4O2. The Morgan fingerprint density at radius 3 is 2.86 bits per heavy atom. The summed E-state index contributed by atoms with van der Waals surface area (Å²) in [5.41, 5.74) is 2.00. The molecule has 0 spiro atoms. The van der Waals surface area contributed by atoms with Crippen LogP contribution in [0.3, 0.4) is 0 Å². The molecule has 1 amide bonds. The van der Waals surface area contributed by atoms with E-state index in [1.807, 2.05) is 12.1 Å². The lowest BCUT2D eigenvalue weighted by Gasteiger charge is -2.34. The Kier molecular flexibility index (Phi) is 5.57. The summed E-state index contributed by atoms with van der Waals surface area (Å²) in [5, 5.41) is 4.18. The summed E-state index contributed by atoms with van der Waals surface area (Å²) in [5.74, 6) is -0.645. The summed E-state index contributed by atoms with van der Waals surface area (Å²) < 4.78 is 18.7. The summed E-state index contributed by atoms with van der Waals surface area (Å²) in [7, 11) is 0. The molecule has 2 N–H and O–H groups in total. The van der Waals surface area contributed by atoms with E-state index < -0.39 is 0 Å². The minimum absolute atomic E-state index is 0.178. The monoisotopic (exact) mass is 402 g/mol. The number of ether oxygens (including phenoxy) is 1. The molecule has 1 aliphatic rings. The third-order valence-electron chi connectivity index (χ3n) is 4.95. The zero-order valence-corrected chi connectivity index (χ0v) is 15.9. The Labute approximate surface area is 166 Å². The average molecular weight is 403 g/mol. The molecule has 1 aliphatic heterocycles. The second-order valence-corrected chi connectivity index (χ2v) is 7.02. The molecule has 1 saturated heterocycles. The van der Waals surface area contributed by atoms with Gasteiger partial charge in [0.2, 0.25) is 0 Å². The molecular weight excluding hydrogens is 383 g/mol. The van der Waals surface area contributed by atoms with Crippen LogP contribution in [-0.4, -0.2) is 53.6 Å². The van der Waals surface area contributed by atoms with E-state index in [1.54, 1.807) is 18.3 Å². The van der Waals surface area contributed by atoms with Gasteiger partial charge in [-0.05, 0) is 30.3 Å². The molecule has 1 fully saturated rings. The highest BCUT2D eigenvalue weighted by atomic mass is 35.5. The number of benzene rings is 1. The first-order chi connectivity index (χ1) is 13.6. The van der Waals surface area contributed by atoms with Crippen LogP contribution in [0.5, 0.6) is 0 Å². The van der Waals surface area contributed by atoms with Crippen LogP contribution in [0.1, 0.15) is 22.1 Å². The van der Waals surface area contributed by atoms with Gasteiger partial charge in [0.15, 0.2) is 0 Å². The van der Waals surface area contributed by atoms with Crippen LogP contribution in [0.4, 0.5) is 4.39 Å². The standard InChI is InChI=1S/C20H20ClFN4O2/c21-19-14-5-6-23-16(14)4-2-15(19)20(27)25-12-18(26-7-9-28-10-8-26)17-3-1-13(22)11-24-17/h1-6,11,18,23H,7-10,12H2,(H,25,27). The molecule has 1 unspecified atom stereocenters. The molecule has 1 atom stereocenters. The number of carbonyl (C=O) groups excluding carboxylic acids is 1. The molecule has 28 heavy (non-hydrogen) atoms. The number of halogens is 2. The highest BCUT2D eigenvalue weighted by Gasteiger charge is 2.25. The number of nitrogens with zero attached hydrogens (tertiary/aromatic N) is 2. The smallest absolute Gasteiger partial charge is 0.252 e. The SMILES string of the molecule is O=C(NCC(c1ccc(F)cn1)N1CCOCC1)c1ccc2[nH]ccc2c1Cl. The maximum absolute atomic E-state index is 13.3. The Bertz CT molecular complexity index is 970. The van der Waals surface area contributed by atoms with Crippen molar-refractivity contribution in [1.82, 2.24) is 20.2 Å². The molecule has 3 heterocycles. The van der Waals surface area contributed by atoms with E-state index in [1.165, 1.54) is 12.3 Å². The number of fused-ring (bicyclic) bond motifs is 1. The predicted molar refractivity (Wildman–Crippen MR) is 105 cm³/mol. The summed E-state index contributed by atoms with van der Waals surface area (Å²) in [6, 6.07) is 8.23. The van der Waals surface area contributed by atoms with E-state index in [9.17, 15) is 9.18 Å². The lowest BCUT2D eigenvalue weighted by atomic mass is 10.1. The van der Waals surface area contributed by atoms with Crippen LogP contribution in [0.2, 0.25) is 5.02 Å². The van der Waals surface area contributed by atoms with Crippen LogP contribution in [0, 0.1) is 5.82 Å². The number of rotatable bonds is 5. The van der Waals surface area contributed by atoms with E-state index in [-0.39, 0.29) is 17.8 Å². The highest BCUT2D eigenvalue weighted by Crippen LogP contribution is 2.27. The number of pyridine rings is 1. The Balaban J connectivity index is 1.53. The van der Waals surface area contributed by atoms with E-state index in [2.05, 4.69) is 20.2 Å². The molecule has 4 rings (SSSR count). The van der Waals surface area contributed by atoms with E-state index in [4.69, 9.17) is 16.3 Å². The number of hydrogen-bond donors (Lipinski definition) is 2. The minimum atomic E-state index is -0.389. The number of H-pyrrole nitrogens is 1. The number of nitrogens with one attached hydrogen (secondary N) is 2. The first kappa shape index (κ1) is 18.9. The fraction of sp³-hybridized carbons (Fsp3) is 0.300. The van der Waals surface area contributed by atoms with E-state index in [0.717, 1.165) is 24.0 Å². The molecule has 0 aliphatic carbocycles. The van der Waals surface area contributed by atoms with Crippen molar-refractivity contribution < 1.29 is 13.9 Å². The Hall–Kier alpha value is -2.48. The zero-order valence-electron chi connectivity index (χ0n) is 15.1. The number of amides is 1. The topological polar surface area (TPSA) is 70.2 Å². The van der Waals surface area contributed by atoms with Crippen LogP contribution in [-0.2, 0) is 4.74 Å². The van der Waals surface area contributed by atoms with Gasteiger partial charge in [-0.2, -0.15) is 0 Å². The van der Waals surface area contributed by atoms with Gasteiger partial charge in [-0.3, -0.25) is 14.7 Å². The van der Waals surface area contributed by atoms with Gasteiger partial charge in [0.1, 0.15) is 5.82 Å². The van der Waals surface area contributed by atoms with Crippen molar-refractivity contribution in [1.29, 1.82) is 0 Å². The third-order valence-corrected chi connectivity index (χ3v) is 5.35. The molecule has 0 radical (unpaired) electrons. The summed E-state index contributed by atoms with van der Waals surface area (Å²) in [4.78, 5) is 22.2. The second-order valence-electron chi connectivity index (χ2n) is 6.64. The van der Waals surface area contributed by atoms with Gasteiger partial charge in [-0.25, -0.2) is 4.39 Å². The highest BCUT2D eigenvalue weighted by molar-refractivity contribution is 6.38. The van der Waals surface area contributed by atoms with Crippen LogP contribution < -0.4 is 5.32 Å². The molecule has 6 nitrogen and oxygen atoms in total. The molecule has 8 heteroatoms. The maximum Gasteiger partial charge on any atom is 0.252 e. The molecule has 0 bridgehead atoms. The fourth-order valence-electron chi connectivity index (χ4n) is 3.45. The van der Waals surface area contributed by atoms with Crippen LogP contribution >= 0.6 is 11.6 Å². The summed E-state index contributed by atoms with van der Waals surface area (Å²) in [6.07, 6.45) is 2.98. The maximum atomic E-state index is 13.3. The average Bonchev–Trinajstić information content (AvgIpc) is 3.20. The van der Waals surface area contributed by atoms with Crippen LogP contribution in [0.15, 0.2) is 42.7 Å². The molecule has 1 aromatic carbocycles. The van der Waals surface area contributed by atoms with Gasteiger partial charge < -0.3 is 15.0 Å². The number of aromatic amines is 1. The van der Waals surface area contributed by atoms with Crippen molar-refractivity contribution >= 4 is 28.4 Å². The summed E-state index contributed by atoms with van der Waals surface area (Å²) >= 11 is 6.41. The zero-order chi connectivity index (χ0) is 19.5. The lowest BCUT2D eigenvalue weighted by Crippen LogP contribution is -2.44. The third kappa shape index (κ3) is 3.87. The first-order valence-electron chi connectivity index (χ1n) is 9.10. The van der Waals surface area contributed by atoms with Crippen molar-refractivity contribution in [3.63, 3.8) is 0 Å². The molecule has 0 saturated carbocycles. The van der Waals surface area contributed by atoms with Gasteiger partial charge in [-0.1, -0.05) is 11.6 Å². The largest absolute Gasteiger partial charge is 0.379 e. The van der Waals surface area contributed by atoms with Crippen molar-refractivity contribution in [3.05, 3.63) is 64.8 Å². The lowest BCUT2D eigenvalue weighted by molar-refractivity contribution is 0.0153. The Morgan fingerprint density at radius 2 is 2.11 bits per heavy atom. The number of morpholine rings is 1. The van der Waals surface area contributed by atoms with Crippen LogP contribution in [0.25, 0.3) is 10.9 Å². The van der Waals surface area contributed by atoms with Gasteiger partial charge in [0.05, 0.1) is 41.7 Å². The Morgan fingerprint density at radius 1 is 1.29 bits per heavy atom. The first-order valence-corrected chi connectivity index (χ1v) is 9.48. The fourth-order valence-corrected chi connectivity index (χ4v) is 3.76. The van der Waals surface area contributed by atoms with Crippen molar-refractivity contribution in [2.24, 2.45) is 0 Å². The molecule has 3 aromatic rings. The van der Waals surface area contributed by atoms with E-state index >= 15 is 0 Å². The van der Waals surface area contributed by atoms with Crippen molar-refractivity contribution in [2.45, 2.75) is 6.04 Å². The normalized spacial score (nSPS) is 16.2. The van der Waals surface area contributed by atoms with Gasteiger partial charge in [0, 0.05) is 36.7 Å². The number of carbonyl (C=O) groups is 1. The molecule has 2 aromatic heterocycles.